The number of aliphatic carboxylic acids is 1. The number of H-pyrrole nitrogens is 1. The SMILES string of the molecule is CCCC(C)(NC(=O)Cc1[nH]nc2ccccc12)C(=O)O. The van der Waals surface area contributed by atoms with E-state index in [2.05, 4.69) is 15.5 Å². The van der Waals surface area contributed by atoms with E-state index in [1.807, 2.05) is 31.2 Å². The van der Waals surface area contributed by atoms with Crippen LogP contribution in [0.4, 0.5) is 0 Å². The first kappa shape index (κ1) is 15.0. The lowest BCUT2D eigenvalue weighted by Crippen LogP contribution is -2.52. The van der Waals surface area contributed by atoms with Crippen molar-refractivity contribution in [3.05, 3.63) is 30.0 Å². The van der Waals surface area contributed by atoms with Crippen molar-refractivity contribution in [3.63, 3.8) is 0 Å². The molecule has 1 amide bonds. The highest BCUT2D eigenvalue weighted by molar-refractivity contribution is 5.90. The normalized spacial score (nSPS) is 13.8. The van der Waals surface area contributed by atoms with E-state index in [1.54, 1.807) is 0 Å². The van der Waals surface area contributed by atoms with Crippen LogP contribution in [0.25, 0.3) is 10.9 Å². The molecule has 21 heavy (non-hydrogen) atoms. The smallest absolute Gasteiger partial charge is 0.329 e. The summed E-state index contributed by atoms with van der Waals surface area (Å²) in [6, 6.07) is 7.48. The molecule has 2 rings (SSSR count). The Kier molecular flexibility index (Phi) is 4.26. The first-order valence-corrected chi connectivity index (χ1v) is 6.92. The lowest BCUT2D eigenvalue weighted by molar-refractivity contribution is -0.147. The van der Waals surface area contributed by atoms with Crippen LogP contribution in [0.15, 0.2) is 24.3 Å². The molecule has 2 aromatic rings. The molecule has 6 heteroatoms. The number of rotatable bonds is 6. The molecule has 0 radical (unpaired) electrons. The maximum absolute atomic E-state index is 12.1. The summed E-state index contributed by atoms with van der Waals surface area (Å²) in [5.74, 6) is -1.35. The van der Waals surface area contributed by atoms with Crippen LogP contribution in [-0.2, 0) is 16.0 Å². The lowest BCUT2D eigenvalue weighted by Gasteiger charge is -2.25. The van der Waals surface area contributed by atoms with Crippen molar-refractivity contribution >= 4 is 22.8 Å². The van der Waals surface area contributed by atoms with E-state index in [0.717, 1.165) is 10.9 Å². The van der Waals surface area contributed by atoms with Crippen LogP contribution in [-0.4, -0.2) is 32.7 Å². The molecule has 0 aliphatic heterocycles. The van der Waals surface area contributed by atoms with Crippen LogP contribution in [0.5, 0.6) is 0 Å². The van der Waals surface area contributed by atoms with Crippen molar-refractivity contribution in [2.45, 2.75) is 38.6 Å². The summed E-state index contributed by atoms with van der Waals surface area (Å²) in [6.45, 7) is 3.41. The second-order valence-corrected chi connectivity index (χ2v) is 5.33. The van der Waals surface area contributed by atoms with E-state index in [9.17, 15) is 14.7 Å². The number of nitrogens with one attached hydrogen (secondary N) is 2. The summed E-state index contributed by atoms with van der Waals surface area (Å²) < 4.78 is 0. The molecule has 0 aliphatic rings. The van der Waals surface area contributed by atoms with Crippen molar-refractivity contribution in [1.29, 1.82) is 0 Å². The fraction of sp³-hybridized carbons (Fsp3) is 0.400. The Morgan fingerprint density at radius 1 is 1.38 bits per heavy atom. The first-order valence-electron chi connectivity index (χ1n) is 6.92. The van der Waals surface area contributed by atoms with Gasteiger partial charge in [-0.15, -0.1) is 0 Å². The van der Waals surface area contributed by atoms with Crippen molar-refractivity contribution in [2.75, 3.05) is 0 Å². The molecule has 0 spiro atoms. The first-order chi connectivity index (χ1) is 9.96. The van der Waals surface area contributed by atoms with Crippen LogP contribution in [0.3, 0.4) is 0 Å². The molecule has 0 aliphatic carbocycles. The number of carboxylic acids is 1. The maximum atomic E-state index is 12.1. The van der Waals surface area contributed by atoms with Crippen LogP contribution in [0.1, 0.15) is 32.4 Å². The van der Waals surface area contributed by atoms with Crippen molar-refractivity contribution < 1.29 is 14.7 Å². The predicted molar refractivity (Wildman–Crippen MR) is 78.9 cm³/mol. The van der Waals surface area contributed by atoms with Crippen LogP contribution < -0.4 is 5.32 Å². The Morgan fingerprint density at radius 3 is 2.76 bits per heavy atom. The minimum atomic E-state index is -1.23. The van der Waals surface area contributed by atoms with Crippen molar-refractivity contribution in [2.24, 2.45) is 0 Å². The Morgan fingerprint density at radius 2 is 2.10 bits per heavy atom. The minimum Gasteiger partial charge on any atom is -0.480 e. The van der Waals surface area contributed by atoms with Gasteiger partial charge >= 0.3 is 5.97 Å². The highest BCUT2D eigenvalue weighted by Crippen LogP contribution is 2.17. The number of nitrogens with zero attached hydrogens (tertiary/aromatic N) is 1. The van der Waals surface area contributed by atoms with Gasteiger partial charge in [-0.2, -0.15) is 5.10 Å². The maximum Gasteiger partial charge on any atom is 0.329 e. The van der Waals surface area contributed by atoms with Gasteiger partial charge in [-0.3, -0.25) is 9.89 Å². The second-order valence-electron chi connectivity index (χ2n) is 5.33. The van der Waals surface area contributed by atoms with E-state index in [-0.39, 0.29) is 12.3 Å². The summed E-state index contributed by atoms with van der Waals surface area (Å²) in [6.07, 6.45) is 1.14. The average Bonchev–Trinajstić information content (AvgIpc) is 2.82. The van der Waals surface area contributed by atoms with Gasteiger partial charge in [0.15, 0.2) is 0 Å². The van der Waals surface area contributed by atoms with Gasteiger partial charge in [-0.1, -0.05) is 31.5 Å². The van der Waals surface area contributed by atoms with E-state index in [4.69, 9.17) is 0 Å². The quantitative estimate of drug-likeness (QED) is 0.756. The van der Waals surface area contributed by atoms with Gasteiger partial charge in [0, 0.05) is 5.39 Å². The Hall–Kier alpha value is -2.37. The minimum absolute atomic E-state index is 0.0765. The fourth-order valence-electron chi connectivity index (χ4n) is 2.38. The molecule has 0 saturated carbocycles. The van der Waals surface area contributed by atoms with Gasteiger partial charge in [-0.05, 0) is 19.4 Å². The number of hydrogen-bond acceptors (Lipinski definition) is 3. The van der Waals surface area contributed by atoms with Crippen LogP contribution in [0.2, 0.25) is 0 Å². The second kappa shape index (κ2) is 5.95. The molecule has 1 aromatic heterocycles. The molecule has 1 heterocycles. The number of aromatic nitrogens is 2. The van der Waals surface area contributed by atoms with E-state index < -0.39 is 11.5 Å². The monoisotopic (exact) mass is 289 g/mol. The highest BCUT2D eigenvalue weighted by Gasteiger charge is 2.33. The fourth-order valence-corrected chi connectivity index (χ4v) is 2.38. The van der Waals surface area contributed by atoms with Gasteiger partial charge in [0.25, 0.3) is 0 Å². The number of hydrogen-bond donors (Lipinski definition) is 3. The zero-order chi connectivity index (χ0) is 15.5. The molecular weight excluding hydrogens is 270 g/mol. The number of amides is 1. The van der Waals surface area contributed by atoms with Gasteiger partial charge in [0.1, 0.15) is 5.54 Å². The largest absolute Gasteiger partial charge is 0.480 e. The van der Waals surface area contributed by atoms with Crippen molar-refractivity contribution in [1.82, 2.24) is 15.5 Å². The van der Waals surface area contributed by atoms with Crippen LogP contribution >= 0.6 is 0 Å². The molecule has 3 N–H and O–H groups in total. The predicted octanol–water partition coefficient (Wildman–Crippen LogP) is 1.86. The standard InChI is InChI=1S/C15H19N3O3/c1-3-8-15(2,14(20)21)16-13(19)9-12-10-6-4-5-7-11(10)17-18-12/h4-7H,3,8-9H2,1-2H3,(H,16,19)(H,17,18)(H,20,21). The number of carbonyl (C=O) groups is 2. The van der Waals surface area contributed by atoms with E-state index in [0.29, 0.717) is 18.5 Å². The summed E-state index contributed by atoms with van der Waals surface area (Å²) in [5.41, 5.74) is 0.240. The Balaban J connectivity index is 2.12. The number of carboxylic acid groups (broad SMARTS) is 1. The number of fused-ring (bicyclic) bond motifs is 1. The third-order valence-corrected chi connectivity index (χ3v) is 3.52. The van der Waals surface area contributed by atoms with Gasteiger partial charge in [0.2, 0.25) is 5.91 Å². The zero-order valence-corrected chi connectivity index (χ0v) is 12.1. The summed E-state index contributed by atoms with van der Waals surface area (Å²) in [4.78, 5) is 23.5. The molecule has 0 saturated heterocycles. The lowest BCUT2D eigenvalue weighted by atomic mass is 9.96. The molecule has 1 unspecified atom stereocenters. The van der Waals surface area contributed by atoms with Gasteiger partial charge in [-0.25, -0.2) is 4.79 Å². The molecule has 0 fully saturated rings. The topological polar surface area (TPSA) is 95.1 Å². The third kappa shape index (κ3) is 3.21. The van der Waals surface area contributed by atoms with E-state index >= 15 is 0 Å². The van der Waals surface area contributed by atoms with Gasteiger partial charge < -0.3 is 10.4 Å². The third-order valence-electron chi connectivity index (χ3n) is 3.52. The molecule has 6 nitrogen and oxygen atoms in total. The molecule has 1 atom stereocenters. The summed E-state index contributed by atoms with van der Waals surface area (Å²) in [5, 5.41) is 19.7. The molecular formula is C15H19N3O3. The summed E-state index contributed by atoms with van der Waals surface area (Å²) in [7, 11) is 0. The number of carbonyl (C=O) groups excluding carboxylic acids is 1. The number of para-hydroxylation sites is 1. The average molecular weight is 289 g/mol. The Bertz CT molecular complexity index is 665. The Labute approximate surface area is 122 Å². The number of benzene rings is 1. The van der Waals surface area contributed by atoms with Crippen molar-refractivity contribution in [3.8, 4) is 0 Å². The summed E-state index contributed by atoms with van der Waals surface area (Å²) >= 11 is 0. The van der Waals surface area contributed by atoms with E-state index in [1.165, 1.54) is 6.92 Å². The zero-order valence-electron chi connectivity index (χ0n) is 12.1. The molecule has 1 aromatic carbocycles. The number of aromatic amines is 1. The molecule has 0 bridgehead atoms. The van der Waals surface area contributed by atoms with Crippen LogP contribution in [0, 0.1) is 0 Å². The highest BCUT2D eigenvalue weighted by atomic mass is 16.4. The molecule has 112 valence electrons. The van der Waals surface area contributed by atoms with Gasteiger partial charge in [0.05, 0.1) is 17.6 Å².